The molecule has 0 aliphatic heterocycles. The molecule has 0 atom stereocenters. The summed E-state index contributed by atoms with van der Waals surface area (Å²) in [4.78, 5) is 0. The molecule has 56 valence electrons. The quantitative estimate of drug-likeness (QED) is 0.780. The van der Waals surface area contributed by atoms with Gasteiger partial charge < -0.3 is 5.11 Å². The molecule has 0 amide bonds. The molecule has 4 heteroatoms. The van der Waals surface area contributed by atoms with Crippen LogP contribution in [0.15, 0.2) is 10.8 Å². The fraction of sp³-hybridized carbons (Fsp3) is 0.500. The molecule has 0 unspecified atom stereocenters. The second-order valence-electron chi connectivity index (χ2n) is 2.07. The van der Waals surface area contributed by atoms with E-state index in [2.05, 4.69) is 21.0 Å². The Labute approximate surface area is 67.8 Å². The third kappa shape index (κ3) is 1.38. The Morgan fingerprint density at radius 3 is 2.90 bits per heavy atom. The van der Waals surface area contributed by atoms with E-state index in [9.17, 15) is 0 Å². The molecule has 0 aliphatic rings. The average molecular weight is 205 g/mol. The zero-order valence-corrected chi connectivity index (χ0v) is 7.30. The monoisotopic (exact) mass is 204 g/mol. The van der Waals surface area contributed by atoms with E-state index < -0.39 is 0 Å². The SMILES string of the molecule is Cc1cnn(CCO)c1Br. The minimum atomic E-state index is 0.125. The van der Waals surface area contributed by atoms with Crippen molar-refractivity contribution in [3.8, 4) is 0 Å². The molecule has 1 heterocycles. The van der Waals surface area contributed by atoms with Crippen molar-refractivity contribution in [2.75, 3.05) is 6.61 Å². The predicted octanol–water partition coefficient (Wildman–Crippen LogP) is 0.946. The van der Waals surface area contributed by atoms with Crippen molar-refractivity contribution in [3.63, 3.8) is 0 Å². The Morgan fingerprint density at radius 2 is 2.50 bits per heavy atom. The van der Waals surface area contributed by atoms with Gasteiger partial charge in [-0.3, -0.25) is 4.68 Å². The highest BCUT2D eigenvalue weighted by Crippen LogP contribution is 2.13. The summed E-state index contributed by atoms with van der Waals surface area (Å²) in [5.41, 5.74) is 1.09. The minimum absolute atomic E-state index is 0.125. The van der Waals surface area contributed by atoms with Gasteiger partial charge in [0.1, 0.15) is 4.60 Å². The summed E-state index contributed by atoms with van der Waals surface area (Å²) < 4.78 is 2.66. The highest BCUT2D eigenvalue weighted by atomic mass is 79.9. The van der Waals surface area contributed by atoms with Gasteiger partial charge in [0.15, 0.2) is 0 Å². The van der Waals surface area contributed by atoms with Crippen molar-refractivity contribution in [2.24, 2.45) is 0 Å². The van der Waals surface area contributed by atoms with Crippen molar-refractivity contribution in [1.82, 2.24) is 9.78 Å². The first-order chi connectivity index (χ1) is 4.75. The molecule has 0 bridgehead atoms. The molecular weight excluding hydrogens is 196 g/mol. The third-order valence-electron chi connectivity index (χ3n) is 1.25. The lowest BCUT2D eigenvalue weighted by atomic mass is 10.4. The van der Waals surface area contributed by atoms with Gasteiger partial charge in [-0.05, 0) is 22.9 Å². The lowest BCUT2D eigenvalue weighted by Gasteiger charge is -1.98. The molecule has 1 aromatic rings. The van der Waals surface area contributed by atoms with Crippen LogP contribution >= 0.6 is 15.9 Å². The summed E-state index contributed by atoms with van der Waals surface area (Å²) in [7, 11) is 0. The number of aliphatic hydroxyl groups excluding tert-OH is 1. The topological polar surface area (TPSA) is 38.0 Å². The van der Waals surface area contributed by atoms with Crippen molar-refractivity contribution < 1.29 is 5.11 Å². The molecule has 1 aromatic heterocycles. The van der Waals surface area contributed by atoms with Crippen LogP contribution in [0.5, 0.6) is 0 Å². The van der Waals surface area contributed by atoms with Gasteiger partial charge in [0, 0.05) is 5.56 Å². The maximum absolute atomic E-state index is 8.57. The van der Waals surface area contributed by atoms with Crippen molar-refractivity contribution in [1.29, 1.82) is 0 Å². The van der Waals surface area contributed by atoms with Gasteiger partial charge in [-0.2, -0.15) is 5.10 Å². The van der Waals surface area contributed by atoms with E-state index in [0.717, 1.165) is 10.2 Å². The molecule has 1 rings (SSSR count). The smallest absolute Gasteiger partial charge is 0.107 e. The zero-order chi connectivity index (χ0) is 7.56. The lowest BCUT2D eigenvalue weighted by Crippen LogP contribution is -2.03. The van der Waals surface area contributed by atoms with Crippen LogP contribution in [-0.4, -0.2) is 21.5 Å². The second kappa shape index (κ2) is 3.16. The molecule has 3 nitrogen and oxygen atoms in total. The Hall–Kier alpha value is -0.350. The fourth-order valence-corrected chi connectivity index (χ4v) is 1.09. The number of aryl methyl sites for hydroxylation is 1. The van der Waals surface area contributed by atoms with Gasteiger partial charge in [0.2, 0.25) is 0 Å². The summed E-state index contributed by atoms with van der Waals surface area (Å²) in [5, 5.41) is 12.6. The first-order valence-electron chi connectivity index (χ1n) is 3.04. The molecule has 0 fully saturated rings. The lowest BCUT2D eigenvalue weighted by molar-refractivity contribution is 0.268. The van der Waals surface area contributed by atoms with E-state index in [-0.39, 0.29) is 6.61 Å². The van der Waals surface area contributed by atoms with Crippen LogP contribution in [0.1, 0.15) is 5.56 Å². The van der Waals surface area contributed by atoms with Crippen LogP contribution in [0.2, 0.25) is 0 Å². The first kappa shape index (κ1) is 7.75. The maximum atomic E-state index is 8.57. The standard InChI is InChI=1S/C6H9BrN2O/c1-5-4-8-9(2-3-10)6(5)7/h4,10H,2-3H2,1H3. The van der Waals surface area contributed by atoms with Crippen LogP contribution < -0.4 is 0 Å². The molecule has 0 radical (unpaired) electrons. The number of nitrogens with zero attached hydrogens (tertiary/aromatic N) is 2. The molecule has 0 aromatic carbocycles. The number of aromatic nitrogens is 2. The van der Waals surface area contributed by atoms with Gasteiger partial charge in [0.25, 0.3) is 0 Å². The molecule has 10 heavy (non-hydrogen) atoms. The molecule has 0 aliphatic carbocycles. The summed E-state index contributed by atoms with van der Waals surface area (Å²) in [6.45, 7) is 2.64. The van der Waals surface area contributed by atoms with Crippen molar-refractivity contribution in [2.45, 2.75) is 13.5 Å². The third-order valence-corrected chi connectivity index (χ3v) is 2.29. The molecular formula is C6H9BrN2O. The Bertz CT molecular complexity index is 222. The summed E-state index contributed by atoms with van der Waals surface area (Å²) in [6.07, 6.45) is 1.76. The number of halogens is 1. The van der Waals surface area contributed by atoms with E-state index in [0.29, 0.717) is 6.54 Å². The predicted molar refractivity (Wildman–Crippen MR) is 41.7 cm³/mol. The summed E-state index contributed by atoms with van der Waals surface area (Å²) in [5.74, 6) is 0. The van der Waals surface area contributed by atoms with Gasteiger partial charge in [-0.25, -0.2) is 0 Å². The highest BCUT2D eigenvalue weighted by molar-refractivity contribution is 9.10. The van der Waals surface area contributed by atoms with Crippen LogP contribution in [0, 0.1) is 6.92 Å². The minimum Gasteiger partial charge on any atom is -0.394 e. The Balaban J connectivity index is 2.83. The van der Waals surface area contributed by atoms with E-state index in [1.165, 1.54) is 0 Å². The van der Waals surface area contributed by atoms with Gasteiger partial charge in [-0.15, -0.1) is 0 Å². The van der Waals surface area contributed by atoms with Gasteiger partial charge in [0.05, 0.1) is 19.3 Å². The van der Waals surface area contributed by atoms with Gasteiger partial charge >= 0.3 is 0 Å². The molecule has 1 N–H and O–H groups in total. The zero-order valence-electron chi connectivity index (χ0n) is 5.71. The molecule has 0 saturated carbocycles. The Kier molecular flexibility index (Phi) is 2.45. The molecule has 0 saturated heterocycles. The van der Waals surface area contributed by atoms with E-state index in [4.69, 9.17) is 5.11 Å². The van der Waals surface area contributed by atoms with E-state index >= 15 is 0 Å². The van der Waals surface area contributed by atoms with Crippen LogP contribution in [0.25, 0.3) is 0 Å². The van der Waals surface area contributed by atoms with Crippen LogP contribution in [-0.2, 0) is 6.54 Å². The summed E-state index contributed by atoms with van der Waals surface area (Å²) >= 11 is 3.34. The maximum Gasteiger partial charge on any atom is 0.107 e. The molecule has 0 spiro atoms. The van der Waals surface area contributed by atoms with E-state index in [1.807, 2.05) is 6.92 Å². The number of hydrogen-bond donors (Lipinski definition) is 1. The summed E-state index contributed by atoms with van der Waals surface area (Å²) in [6, 6.07) is 0. The van der Waals surface area contributed by atoms with Crippen molar-refractivity contribution in [3.05, 3.63) is 16.4 Å². The number of rotatable bonds is 2. The average Bonchev–Trinajstić information content (AvgIpc) is 2.20. The highest BCUT2D eigenvalue weighted by Gasteiger charge is 2.01. The largest absolute Gasteiger partial charge is 0.394 e. The normalized spacial score (nSPS) is 10.3. The fourth-order valence-electron chi connectivity index (χ4n) is 0.714. The number of aliphatic hydroxyl groups is 1. The van der Waals surface area contributed by atoms with Crippen LogP contribution in [0.4, 0.5) is 0 Å². The number of hydrogen-bond acceptors (Lipinski definition) is 2. The Morgan fingerprint density at radius 1 is 1.80 bits per heavy atom. The van der Waals surface area contributed by atoms with Crippen molar-refractivity contribution >= 4 is 15.9 Å². The first-order valence-corrected chi connectivity index (χ1v) is 3.83. The second-order valence-corrected chi connectivity index (χ2v) is 2.82. The van der Waals surface area contributed by atoms with E-state index in [1.54, 1.807) is 10.9 Å². The van der Waals surface area contributed by atoms with Crippen LogP contribution in [0.3, 0.4) is 0 Å². The van der Waals surface area contributed by atoms with Gasteiger partial charge in [-0.1, -0.05) is 0 Å².